The Labute approximate surface area is 178 Å². The lowest BCUT2D eigenvalue weighted by Crippen LogP contribution is -2.41. The second kappa shape index (κ2) is 9.13. The molecule has 3 rings (SSSR count). The molecular weight excluding hydrogens is 396 g/mol. The number of sulfonamides is 1. The van der Waals surface area contributed by atoms with Gasteiger partial charge in [0.05, 0.1) is 16.6 Å². The van der Waals surface area contributed by atoms with Crippen LogP contribution in [-0.2, 0) is 14.8 Å². The van der Waals surface area contributed by atoms with E-state index in [2.05, 4.69) is 5.32 Å². The van der Waals surface area contributed by atoms with E-state index in [1.807, 2.05) is 63.2 Å². The Morgan fingerprint density at radius 1 is 0.900 bits per heavy atom. The molecule has 1 amide bonds. The minimum Gasteiger partial charge on any atom is -0.348 e. The largest absolute Gasteiger partial charge is 0.348 e. The Balaban J connectivity index is 1.91. The number of nitrogens with one attached hydrogen (secondary N) is 1. The number of para-hydroxylation sites is 1. The Morgan fingerprint density at radius 2 is 1.50 bits per heavy atom. The van der Waals surface area contributed by atoms with Crippen LogP contribution in [0.15, 0.2) is 83.8 Å². The van der Waals surface area contributed by atoms with Crippen LogP contribution in [0.4, 0.5) is 5.69 Å². The number of rotatable bonds is 7. The molecule has 3 aromatic rings. The molecule has 156 valence electrons. The molecule has 30 heavy (non-hydrogen) atoms. The predicted molar refractivity (Wildman–Crippen MR) is 120 cm³/mol. The second-order valence-corrected chi connectivity index (χ2v) is 9.17. The molecule has 5 nitrogen and oxygen atoms in total. The lowest BCUT2D eigenvalue weighted by atomic mass is 10.1. The van der Waals surface area contributed by atoms with Gasteiger partial charge in [-0.05, 0) is 50.1 Å². The molecular formula is C24H26N2O3S. The van der Waals surface area contributed by atoms with E-state index in [9.17, 15) is 13.2 Å². The van der Waals surface area contributed by atoms with Crippen LogP contribution in [0.1, 0.15) is 29.7 Å². The third kappa shape index (κ3) is 4.89. The number of aryl methyl sites for hydroxylation is 2. The van der Waals surface area contributed by atoms with Gasteiger partial charge >= 0.3 is 0 Å². The molecule has 0 aliphatic rings. The number of hydrogen-bond donors (Lipinski definition) is 1. The SMILES string of the molecule is Cc1ccc(S(=O)(=O)N(CC(=O)NC(C)c2ccccc2)c2ccccc2C)cc1. The standard InChI is InChI=1S/C24H26N2O3S/c1-18-13-15-22(16-14-18)30(28,29)26(23-12-8-7-9-19(23)2)17-24(27)25-20(3)21-10-5-4-6-11-21/h4-16,20H,17H2,1-3H3,(H,25,27). The summed E-state index contributed by atoms with van der Waals surface area (Å²) in [5, 5.41) is 2.90. The van der Waals surface area contributed by atoms with E-state index in [4.69, 9.17) is 0 Å². The molecule has 0 fully saturated rings. The molecule has 0 saturated carbocycles. The van der Waals surface area contributed by atoms with E-state index in [-0.39, 0.29) is 23.4 Å². The summed E-state index contributed by atoms with van der Waals surface area (Å²) in [4.78, 5) is 13.0. The van der Waals surface area contributed by atoms with Gasteiger partial charge in [-0.25, -0.2) is 8.42 Å². The minimum atomic E-state index is -3.92. The molecule has 1 N–H and O–H groups in total. The van der Waals surface area contributed by atoms with Crippen molar-refractivity contribution in [2.75, 3.05) is 10.8 Å². The van der Waals surface area contributed by atoms with Crippen molar-refractivity contribution >= 4 is 21.6 Å². The number of hydrogen-bond acceptors (Lipinski definition) is 3. The van der Waals surface area contributed by atoms with E-state index < -0.39 is 10.0 Å². The number of anilines is 1. The molecule has 0 aromatic heterocycles. The van der Waals surface area contributed by atoms with Crippen molar-refractivity contribution in [3.63, 3.8) is 0 Å². The van der Waals surface area contributed by atoms with E-state index in [0.717, 1.165) is 16.7 Å². The molecule has 6 heteroatoms. The maximum Gasteiger partial charge on any atom is 0.264 e. The molecule has 0 spiro atoms. The smallest absolute Gasteiger partial charge is 0.264 e. The fourth-order valence-corrected chi connectivity index (χ4v) is 4.71. The Kier molecular flexibility index (Phi) is 6.57. The molecule has 3 aromatic carbocycles. The number of nitrogens with zero attached hydrogens (tertiary/aromatic N) is 1. The fourth-order valence-electron chi connectivity index (χ4n) is 3.22. The summed E-state index contributed by atoms with van der Waals surface area (Å²) in [6.07, 6.45) is 0. The van der Waals surface area contributed by atoms with Crippen LogP contribution >= 0.6 is 0 Å². The summed E-state index contributed by atoms with van der Waals surface area (Å²) in [7, 11) is -3.92. The van der Waals surface area contributed by atoms with Crippen molar-refractivity contribution in [1.29, 1.82) is 0 Å². The van der Waals surface area contributed by atoms with E-state index >= 15 is 0 Å². The summed E-state index contributed by atoms with van der Waals surface area (Å²) in [5.74, 6) is -0.370. The Hall–Kier alpha value is -3.12. The summed E-state index contributed by atoms with van der Waals surface area (Å²) < 4.78 is 28.0. The quantitative estimate of drug-likeness (QED) is 0.615. The van der Waals surface area contributed by atoms with Gasteiger partial charge in [-0.2, -0.15) is 0 Å². The second-order valence-electron chi connectivity index (χ2n) is 7.31. The van der Waals surface area contributed by atoms with E-state index in [1.165, 1.54) is 4.31 Å². The van der Waals surface area contributed by atoms with Gasteiger partial charge in [0.1, 0.15) is 6.54 Å². The van der Waals surface area contributed by atoms with E-state index in [1.54, 1.807) is 36.4 Å². The van der Waals surface area contributed by atoms with Crippen LogP contribution in [0, 0.1) is 13.8 Å². The first-order chi connectivity index (χ1) is 14.3. The van der Waals surface area contributed by atoms with Crippen molar-refractivity contribution in [3.05, 3.63) is 95.6 Å². The Bertz CT molecular complexity index is 1110. The molecule has 0 aliphatic carbocycles. The first-order valence-electron chi connectivity index (χ1n) is 9.78. The zero-order chi connectivity index (χ0) is 21.7. The highest BCUT2D eigenvalue weighted by atomic mass is 32.2. The summed E-state index contributed by atoms with van der Waals surface area (Å²) >= 11 is 0. The van der Waals surface area contributed by atoms with Crippen LogP contribution in [0.3, 0.4) is 0 Å². The molecule has 0 radical (unpaired) electrons. The van der Waals surface area contributed by atoms with Crippen molar-refractivity contribution in [3.8, 4) is 0 Å². The van der Waals surface area contributed by atoms with Crippen molar-refractivity contribution in [2.45, 2.75) is 31.7 Å². The van der Waals surface area contributed by atoms with Crippen LogP contribution < -0.4 is 9.62 Å². The molecule has 1 atom stereocenters. The van der Waals surface area contributed by atoms with Gasteiger partial charge in [-0.3, -0.25) is 9.10 Å². The van der Waals surface area contributed by atoms with Gasteiger partial charge < -0.3 is 5.32 Å². The van der Waals surface area contributed by atoms with Crippen LogP contribution in [0.25, 0.3) is 0 Å². The lowest BCUT2D eigenvalue weighted by Gasteiger charge is -2.26. The number of benzene rings is 3. The molecule has 0 aliphatic heterocycles. The molecule has 0 heterocycles. The number of carbonyl (C=O) groups excluding carboxylic acids is 1. The predicted octanol–water partition coefficient (Wildman–Crippen LogP) is 4.38. The topological polar surface area (TPSA) is 66.5 Å². The van der Waals surface area contributed by atoms with Crippen molar-refractivity contribution < 1.29 is 13.2 Å². The normalized spacial score (nSPS) is 12.2. The minimum absolute atomic E-state index is 0.153. The highest BCUT2D eigenvalue weighted by Crippen LogP contribution is 2.27. The van der Waals surface area contributed by atoms with Gasteiger partial charge in [-0.1, -0.05) is 66.2 Å². The first-order valence-corrected chi connectivity index (χ1v) is 11.2. The zero-order valence-corrected chi connectivity index (χ0v) is 18.2. The van der Waals surface area contributed by atoms with Gasteiger partial charge in [0, 0.05) is 0 Å². The molecule has 0 bridgehead atoms. The van der Waals surface area contributed by atoms with Gasteiger partial charge in [0.15, 0.2) is 0 Å². The Morgan fingerprint density at radius 3 is 2.13 bits per heavy atom. The van der Waals surface area contributed by atoms with Crippen molar-refractivity contribution in [1.82, 2.24) is 5.32 Å². The van der Waals surface area contributed by atoms with Crippen LogP contribution in [0.2, 0.25) is 0 Å². The number of amides is 1. The fraction of sp³-hybridized carbons (Fsp3) is 0.208. The highest BCUT2D eigenvalue weighted by molar-refractivity contribution is 7.92. The lowest BCUT2D eigenvalue weighted by molar-refractivity contribution is -0.120. The summed E-state index contributed by atoms with van der Waals surface area (Å²) in [6.45, 7) is 5.30. The van der Waals surface area contributed by atoms with Gasteiger partial charge in [-0.15, -0.1) is 0 Å². The van der Waals surface area contributed by atoms with Crippen LogP contribution in [-0.4, -0.2) is 20.9 Å². The molecule has 1 unspecified atom stereocenters. The van der Waals surface area contributed by atoms with Crippen LogP contribution in [0.5, 0.6) is 0 Å². The maximum absolute atomic E-state index is 13.4. The average Bonchev–Trinajstić information content (AvgIpc) is 2.73. The maximum atomic E-state index is 13.4. The third-order valence-corrected chi connectivity index (χ3v) is 6.73. The zero-order valence-electron chi connectivity index (χ0n) is 17.4. The average molecular weight is 423 g/mol. The monoisotopic (exact) mass is 422 g/mol. The summed E-state index contributed by atoms with van der Waals surface area (Å²) in [6, 6.07) is 23.1. The van der Waals surface area contributed by atoms with E-state index in [0.29, 0.717) is 5.69 Å². The van der Waals surface area contributed by atoms with Gasteiger partial charge in [0.25, 0.3) is 10.0 Å². The van der Waals surface area contributed by atoms with Crippen molar-refractivity contribution in [2.24, 2.45) is 0 Å². The number of carbonyl (C=O) groups is 1. The van der Waals surface area contributed by atoms with Gasteiger partial charge in [0.2, 0.25) is 5.91 Å². The molecule has 0 saturated heterocycles. The third-order valence-electron chi connectivity index (χ3n) is 4.96. The first kappa shape index (κ1) is 21.6. The summed E-state index contributed by atoms with van der Waals surface area (Å²) in [5.41, 5.74) is 3.18. The highest BCUT2D eigenvalue weighted by Gasteiger charge is 2.28.